The molecule has 1 aromatic carbocycles. The maximum absolute atomic E-state index is 13.9. The molecule has 558 valence electrons. The van der Waals surface area contributed by atoms with Gasteiger partial charge in [0.1, 0.15) is 134 Å². The van der Waals surface area contributed by atoms with Crippen LogP contribution in [0.15, 0.2) is 36.4 Å². The quantitative estimate of drug-likeness (QED) is 0.0243. The second-order valence-electron chi connectivity index (χ2n) is 25.4. The van der Waals surface area contributed by atoms with Crippen LogP contribution in [0.4, 0.5) is 0 Å². The number of aliphatic hydroxyl groups excluding tert-OH is 13. The summed E-state index contributed by atoms with van der Waals surface area (Å²) in [6, 6.07) is -2.40. The second kappa shape index (κ2) is 37.9. The molecule has 6 heterocycles. The highest BCUT2D eigenvalue weighted by molar-refractivity contribution is 5.94. The SMILES string of the molecule is CCCCCC/C=C\CCCOc1cccc(C(=O)NC2[C@H](O[C@H]3C(O)C(NC(C)=O)C(OC4C(CO)O[C@@H](O[C@H]5C(O)C(NC(C)=O)C(OC6C(CO[C@@H]7OC(C)C(O)[C@H](C)[C@H]7O)OC(O)[C@@H](NC(C)=O)[C@H]6O)O[C@H]5CO)[C@@H](NC(C)=O)[C@H]4O)O[C@H]3CO)OC(CO)[C@@H](O)[C@@H]2O)c1. The predicted molar refractivity (Wildman–Crippen MR) is 332 cm³/mol. The Kier molecular flexibility index (Phi) is 31.1. The highest BCUT2D eigenvalue weighted by Gasteiger charge is 2.58. The predicted octanol–water partition coefficient (Wildman–Crippen LogP) is -6.10. The lowest BCUT2D eigenvalue weighted by molar-refractivity contribution is -0.368. The second-order valence-corrected chi connectivity index (χ2v) is 25.4. The van der Waals surface area contributed by atoms with E-state index in [0.717, 1.165) is 53.4 Å². The van der Waals surface area contributed by atoms with Gasteiger partial charge in [-0.1, -0.05) is 51.3 Å². The van der Waals surface area contributed by atoms with E-state index < -0.39 is 246 Å². The topological polar surface area (TPSA) is 519 Å². The van der Waals surface area contributed by atoms with Crippen molar-refractivity contribution in [2.45, 2.75) is 271 Å². The van der Waals surface area contributed by atoms with Crippen molar-refractivity contribution in [3.05, 3.63) is 42.0 Å². The van der Waals surface area contributed by atoms with Gasteiger partial charge in [0, 0.05) is 39.2 Å². The van der Waals surface area contributed by atoms with Gasteiger partial charge in [0.25, 0.3) is 5.91 Å². The summed E-state index contributed by atoms with van der Waals surface area (Å²) in [6.07, 6.45) is -29.9. The molecule has 30 atom stereocenters. The van der Waals surface area contributed by atoms with Crippen LogP contribution in [-0.2, 0) is 71.3 Å². The fraction of sp³-hybridized carbons (Fsp3) is 0.794. The van der Waals surface area contributed by atoms with Crippen LogP contribution in [0, 0.1) is 5.92 Å². The van der Waals surface area contributed by atoms with Gasteiger partial charge in [-0.05, 0) is 50.8 Å². The summed E-state index contributed by atoms with van der Waals surface area (Å²) >= 11 is 0. The molecule has 6 fully saturated rings. The Morgan fingerprint density at radius 3 is 1.35 bits per heavy atom. The number of carbonyl (C=O) groups excluding carboxylic acids is 5. The van der Waals surface area contributed by atoms with E-state index in [1.165, 1.54) is 31.9 Å². The average molecular weight is 1410 g/mol. The molecule has 5 amide bonds. The van der Waals surface area contributed by atoms with Crippen LogP contribution in [0.1, 0.15) is 104 Å². The Morgan fingerprint density at radius 2 is 0.888 bits per heavy atom. The van der Waals surface area contributed by atoms with Crippen LogP contribution in [0.5, 0.6) is 5.75 Å². The summed E-state index contributed by atoms with van der Waals surface area (Å²) in [5.74, 6) is -4.38. The molecule has 0 radical (unpaired) electrons. The molecular weight excluding hydrogens is 1310 g/mol. The molecule has 0 aromatic heterocycles. The van der Waals surface area contributed by atoms with Crippen molar-refractivity contribution in [2.75, 3.05) is 39.6 Å². The first-order valence-corrected chi connectivity index (χ1v) is 33.2. The lowest BCUT2D eigenvalue weighted by atomic mass is 9.91. The first-order valence-electron chi connectivity index (χ1n) is 33.2. The monoisotopic (exact) mass is 1410 g/mol. The van der Waals surface area contributed by atoms with Crippen molar-refractivity contribution < 1.29 is 147 Å². The number of amides is 5. The molecule has 35 nitrogen and oxygen atoms in total. The van der Waals surface area contributed by atoms with Crippen molar-refractivity contribution in [2.24, 2.45) is 5.92 Å². The smallest absolute Gasteiger partial charge is 0.251 e. The molecule has 0 saturated carbocycles. The summed E-state index contributed by atoms with van der Waals surface area (Å²) < 4.78 is 72.5. The number of carbonyl (C=O) groups is 5. The third-order valence-electron chi connectivity index (χ3n) is 18.0. The minimum atomic E-state index is -2.06. The Balaban J connectivity index is 1.07. The van der Waals surface area contributed by atoms with Gasteiger partial charge in [0.15, 0.2) is 37.7 Å². The molecule has 0 spiro atoms. The van der Waals surface area contributed by atoms with Crippen molar-refractivity contribution in [1.82, 2.24) is 26.6 Å². The van der Waals surface area contributed by atoms with E-state index in [-0.39, 0.29) is 5.56 Å². The van der Waals surface area contributed by atoms with E-state index in [0.29, 0.717) is 18.8 Å². The third kappa shape index (κ3) is 20.5. The number of benzene rings is 1. The number of rotatable bonds is 31. The van der Waals surface area contributed by atoms with E-state index in [1.807, 2.05) is 0 Å². The zero-order valence-corrected chi connectivity index (χ0v) is 55.7. The van der Waals surface area contributed by atoms with Gasteiger partial charge in [-0.3, -0.25) is 24.0 Å². The number of hydrogen-bond acceptors (Lipinski definition) is 30. The van der Waals surface area contributed by atoms with Gasteiger partial charge in [-0.25, -0.2) is 0 Å². The normalized spacial score (nSPS) is 39.9. The fourth-order valence-corrected chi connectivity index (χ4v) is 12.7. The third-order valence-corrected chi connectivity index (χ3v) is 18.0. The molecule has 1 aromatic rings. The molecule has 6 saturated heterocycles. The first kappa shape index (κ1) is 80.5. The van der Waals surface area contributed by atoms with E-state index in [2.05, 4.69) is 45.7 Å². The average Bonchev–Trinajstić information content (AvgIpc) is 0.772. The molecule has 18 N–H and O–H groups in total. The number of allylic oxidation sites excluding steroid dienone is 2. The molecule has 0 aliphatic carbocycles. The van der Waals surface area contributed by atoms with E-state index >= 15 is 0 Å². The van der Waals surface area contributed by atoms with Crippen LogP contribution in [0.2, 0.25) is 0 Å². The van der Waals surface area contributed by atoms with E-state index in [1.54, 1.807) is 19.1 Å². The summed E-state index contributed by atoms with van der Waals surface area (Å²) in [4.78, 5) is 65.1. The highest BCUT2D eigenvalue weighted by Crippen LogP contribution is 2.37. The number of ether oxygens (including phenoxy) is 12. The zero-order valence-electron chi connectivity index (χ0n) is 55.7. The number of nitrogens with one attached hydrogen (secondary N) is 5. The van der Waals surface area contributed by atoms with Gasteiger partial charge in [-0.15, -0.1) is 0 Å². The van der Waals surface area contributed by atoms with Gasteiger partial charge >= 0.3 is 0 Å². The molecule has 98 heavy (non-hydrogen) atoms. The summed E-state index contributed by atoms with van der Waals surface area (Å²) in [6.45, 7) is 5.23. The Labute approximate surface area is 566 Å². The summed E-state index contributed by atoms with van der Waals surface area (Å²) in [7, 11) is 0. The highest BCUT2D eigenvalue weighted by atomic mass is 16.8. The minimum absolute atomic E-state index is 0.0501. The van der Waals surface area contributed by atoms with Crippen LogP contribution in [-0.4, -0.2) is 313 Å². The van der Waals surface area contributed by atoms with E-state index in [4.69, 9.17) is 56.8 Å². The maximum Gasteiger partial charge on any atom is 0.251 e. The van der Waals surface area contributed by atoms with Gasteiger partial charge in [0.05, 0.1) is 51.8 Å². The van der Waals surface area contributed by atoms with Crippen LogP contribution < -0.4 is 31.3 Å². The van der Waals surface area contributed by atoms with Gasteiger partial charge < -0.3 is 150 Å². The number of aliphatic hydroxyl groups is 13. The molecule has 6 aliphatic heterocycles. The van der Waals surface area contributed by atoms with Crippen LogP contribution in [0.3, 0.4) is 0 Å². The number of unbranched alkanes of at least 4 members (excludes halogenated alkanes) is 5. The molecule has 15 unspecified atom stereocenters. The zero-order chi connectivity index (χ0) is 71.8. The minimum Gasteiger partial charge on any atom is -0.494 e. The molecule has 35 heteroatoms. The maximum atomic E-state index is 13.9. The lowest BCUT2D eigenvalue weighted by Crippen LogP contribution is -2.72. The largest absolute Gasteiger partial charge is 0.494 e. The fourth-order valence-electron chi connectivity index (χ4n) is 12.7. The van der Waals surface area contributed by atoms with Crippen LogP contribution in [0.25, 0.3) is 0 Å². The van der Waals surface area contributed by atoms with Crippen molar-refractivity contribution >= 4 is 29.5 Å². The lowest BCUT2D eigenvalue weighted by Gasteiger charge is -2.51. The standard InChI is InChI=1S/C63H101N5O30/c1-8-9-10-11-12-13-14-15-16-20-87-34-19-17-18-33(21-34)57(85)68-41-48(80)47(79)35(22-69)91-59(41)95-53-36(23-70)92-60(42(50(53)82)65-30(5)74)96-54-37(24-71)93-61(43(51(54)83)66-31(6)75)97-55-38(25-72)94-62(44(52(55)84)67-32(7)76)98-56-39(90-58(86)40(49(56)81)64-29(4)73)26-88-63-46(78)27(2)45(77)28(3)89-63/h13-14,17-19,21,27-28,35-56,58-63,69-72,77-84,86H,8-12,15-16,20,22-26H2,1-7H3,(H,64,73)(H,65,74)(H,66,75)(H,67,76)(H,68,85)/b14-13-/t27-,28?,35?,36-,37?,38-,39?,40-,41?,42?,43-,44?,45?,46+,47+,48+,49+,50?,51+,52?,53+,54?,55+,56?,58?,59-,60?,61-,62?,63+/m0/s1. The summed E-state index contributed by atoms with van der Waals surface area (Å²) in [5, 5.41) is 159. The Morgan fingerprint density at radius 1 is 0.459 bits per heavy atom. The Bertz CT molecular complexity index is 2710. The van der Waals surface area contributed by atoms with Gasteiger partial charge in [-0.2, -0.15) is 0 Å². The van der Waals surface area contributed by atoms with Crippen molar-refractivity contribution in [3.8, 4) is 5.75 Å². The van der Waals surface area contributed by atoms with E-state index in [9.17, 15) is 90.4 Å². The molecule has 7 rings (SSSR count). The van der Waals surface area contributed by atoms with Crippen molar-refractivity contribution in [3.63, 3.8) is 0 Å². The van der Waals surface area contributed by atoms with Crippen LogP contribution >= 0.6 is 0 Å². The Hall–Kier alpha value is -4.85. The number of hydrogen-bond donors (Lipinski definition) is 18. The van der Waals surface area contributed by atoms with Gasteiger partial charge in [0.2, 0.25) is 23.6 Å². The summed E-state index contributed by atoms with van der Waals surface area (Å²) in [5.41, 5.74) is 0.0501. The molecule has 6 aliphatic rings. The molecule has 0 bridgehead atoms. The van der Waals surface area contributed by atoms with Crippen molar-refractivity contribution in [1.29, 1.82) is 0 Å². The molecular formula is C63H101N5O30. The first-order chi connectivity index (χ1) is 46.7.